The molecular weight excluding hydrogens is 420 g/mol. The van der Waals surface area contributed by atoms with Gasteiger partial charge in [0.25, 0.3) is 11.8 Å². The van der Waals surface area contributed by atoms with Crippen LogP contribution in [0.3, 0.4) is 0 Å². The number of rotatable bonds is 5. The van der Waals surface area contributed by atoms with Gasteiger partial charge in [-0.2, -0.15) is 5.01 Å². The number of anilines is 1. The second-order valence-corrected chi connectivity index (χ2v) is 8.73. The first-order valence-corrected chi connectivity index (χ1v) is 10.6. The summed E-state index contributed by atoms with van der Waals surface area (Å²) in [6.07, 6.45) is 0.938. The summed E-state index contributed by atoms with van der Waals surface area (Å²) < 4.78 is 25.0. The quantitative estimate of drug-likeness (QED) is 0.616. The molecule has 4 amide bonds. The van der Waals surface area contributed by atoms with Crippen molar-refractivity contribution in [3.63, 3.8) is 0 Å². The molecule has 1 heterocycles. The number of halogens is 1. The lowest BCUT2D eigenvalue weighted by molar-refractivity contribution is -0.132. The van der Waals surface area contributed by atoms with Crippen molar-refractivity contribution in [3.8, 4) is 0 Å². The molecular formula is C18H17ClN4O5S. The van der Waals surface area contributed by atoms with Gasteiger partial charge in [-0.3, -0.25) is 19.7 Å². The monoisotopic (exact) mass is 436 g/mol. The molecule has 0 aromatic heterocycles. The van der Waals surface area contributed by atoms with Gasteiger partial charge in [0.1, 0.15) is 5.54 Å². The Morgan fingerprint density at radius 3 is 2.41 bits per heavy atom. The van der Waals surface area contributed by atoms with E-state index in [2.05, 4.69) is 15.5 Å². The largest absolute Gasteiger partial charge is 0.344 e. The molecule has 1 fully saturated rings. The van der Waals surface area contributed by atoms with E-state index >= 15 is 0 Å². The number of carbonyl (C=O) groups excluding carboxylic acids is 3. The molecule has 0 bridgehead atoms. The van der Waals surface area contributed by atoms with E-state index in [1.165, 1.54) is 25.1 Å². The molecule has 1 unspecified atom stereocenters. The minimum atomic E-state index is -3.62. The summed E-state index contributed by atoms with van der Waals surface area (Å²) in [5, 5.41) is 3.24. The average molecular weight is 437 g/mol. The van der Waals surface area contributed by atoms with Crippen molar-refractivity contribution in [2.45, 2.75) is 12.5 Å². The smallest absolute Gasteiger partial charge is 0.318 e. The molecule has 0 aliphatic carbocycles. The maximum absolute atomic E-state index is 12.8. The minimum Gasteiger partial charge on any atom is -0.318 e. The molecule has 0 saturated carbocycles. The highest BCUT2D eigenvalue weighted by Crippen LogP contribution is 2.28. The van der Waals surface area contributed by atoms with Gasteiger partial charge in [-0.1, -0.05) is 41.9 Å². The lowest BCUT2D eigenvalue weighted by Gasteiger charge is -2.22. The van der Waals surface area contributed by atoms with Crippen LogP contribution < -0.4 is 15.5 Å². The molecule has 1 saturated heterocycles. The third kappa shape index (κ3) is 4.17. The molecule has 1 atom stereocenters. The third-order valence-electron chi connectivity index (χ3n) is 4.28. The standard InChI is InChI=1S/C18H17ClN4O5S/c1-18(12-6-4-3-5-7-12)16(25)23(17(26)20-18)21-15(24)11-8-9-13(19)14(10-11)22-29(2,27)28/h3-10,22H,1-2H3,(H,20,26)(H,21,24). The third-order valence-corrected chi connectivity index (χ3v) is 5.20. The van der Waals surface area contributed by atoms with Gasteiger partial charge in [0.2, 0.25) is 10.0 Å². The van der Waals surface area contributed by atoms with Gasteiger partial charge in [0.15, 0.2) is 0 Å². The van der Waals surface area contributed by atoms with E-state index in [9.17, 15) is 22.8 Å². The molecule has 2 aromatic rings. The highest BCUT2D eigenvalue weighted by molar-refractivity contribution is 7.92. The molecule has 3 N–H and O–H groups in total. The Labute approximate surface area is 172 Å². The Morgan fingerprint density at radius 2 is 1.79 bits per heavy atom. The zero-order valence-corrected chi connectivity index (χ0v) is 17.0. The highest BCUT2D eigenvalue weighted by atomic mass is 35.5. The number of nitrogens with zero attached hydrogens (tertiary/aromatic N) is 1. The Bertz CT molecular complexity index is 1110. The lowest BCUT2D eigenvalue weighted by atomic mass is 9.92. The van der Waals surface area contributed by atoms with Crippen LogP contribution in [-0.4, -0.2) is 37.5 Å². The summed E-state index contributed by atoms with van der Waals surface area (Å²) in [4.78, 5) is 37.7. The molecule has 9 nitrogen and oxygen atoms in total. The number of carbonyl (C=O) groups is 3. The van der Waals surface area contributed by atoms with E-state index in [4.69, 9.17) is 11.6 Å². The first-order valence-electron chi connectivity index (χ1n) is 8.32. The Hall–Kier alpha value is -3.11. The Morgan fingerprint density at radius 1 is 1.14 bits per heavy atom. The lowest BCUT2D eigenvalue weighted by Crippen LogP contribution is -2.47. The number of nitrogens with one attached hydrogen (secondary N) is 3. The van der Waals surface area contributed by atoms with Crippen LogP contribution >= 0.6 is 11.6 Å². The van der Waals surface area contributed by atoms with Crippen LogP contribution in [0.25, 0.3) is 0 Å². The fourth-order valence-electron chi connectivity index (χ4n) is 2.82. The van der Waals surface area contributed by atoms with Gasteiger partial charge in [0.05, 0.1) is 17.0 Å². The molecule has 3 rings (SSSR count). The van der Waals surface area contributed by atoms with Crippen LogP contribution in [0.4, 0.5) is 10.5 Å². The predicted octanol–water partition coefficient (Wildman–Crippen LogP) is 1.82. The van der Waals surface area contributed by atoms with E-state index < -0.39 is 33.4 Å². The van der Waals surface area contributed by atoms with Gasteiger partial charge in [-0.05, 0) is 30.7 Å². The summed E-state index contributed by atoms with van der Waals surface area (Å²) in [7, 11) is -3.62. The first kappa shape index (κ1) is 20.6. The maximum atomic E-state index is 12.8. The van der Waals surface area contributed by atoms with Crippen LogP contribution in [0.15, 0.2) is 48.5 Å². The number of hydrogen-bond donors (Lipinski definition) is 3. The number of hydrogen-bond acceptors (Lipinski definition) is 5. The highest BCUT2D eigenvalue weighted by Gasteiger charge is 2.50. The van der Waals surface area contributed by atoms with Crippen molar-refractivity contribution < 1.29 is 22.8 Å². The van der Waals surface area contributed by atoms with Crippen molar-refractivity contribution in [3.05, 3.63) is 64.7 Å². The van der Waals surface area contributed by atoms with Gasteiger partial charge < -0.3 is 5.32 Å². The molecule has 0 radical (unpaired) electrons. The molecule has 1 aliphatic heterocycles. The number of benzene rings is 2. The van der Waals surface area contributed by atoms with Gasteiger partial charge in [0, 0.05) is 5.56 Å². The van der Waals surface area contributed by atoms with Crippen molar-refractivity contribution in [1.82, 2.24) is 15.8 Å². The topological polar surface area (TPSA) is 125 Å². The summed E-state index contributed by atoms with van der Waals surface area (Å²) in [5.74, 6) is -1.45. The molecule has 152 valence electrons. The molecule has 2 aromatic carbocycles. The summed E-state index contributed by atoms with van der Waals surface area (Å²) in [6.45, 7) is 1.53. The van der Waals surface area contributed by atoms with Gasteiger partial charge >= 0.3 is 6.03 Å². The second-order valence-electron chi connectivity index (χ2n) is 6.57. The molecule has 1 aliphatic rings. The van der Waals surface area contributed by atoms with Crippen molar-refractivity contribution in [1.29, 1.82) is 0 Å². The normalized spacial score (nSPS) is 19.1. The van der Waals surface area contributed by atoms with Crippen molar-refractivity contribution >= 4 is 45.2 Å². The van der Waals surface area contributed by atoms with Gasteiger partial charge in [-0.25, -0.2) is 13.2 Å². The van der Waals surface area contributed by atoms with E-state index in [0.29, 0.717) is 10.6 Å². The Kier molecular flexibility index (Phi) is 5.24. The van der Waals surface area contributed by atoms with E-state index in [-0.39, 0.29) is 16.3 Å². The number of amides is 4. The van der Waals surface area contributed by atoms with E-state index in [0.717, 1.165) is 6.26 Å². The van der Waals surface area contributed by atoms with Crippen molar-refractivity contribution in [2.75, 3.05) is 11.0 Å². The number of sulfonamides is 1. The fourth-order valence-corrected chi connectivity index (χ4v) is 3.61. The number of imide groups is 1. The second kappa shape index (κ2) is 7.37. The van der Waals surface area contributed by atoms with Crippen LogP contribution in [0.5, 0.6) is 0 Å². The zero-order valence-electron chi connectivity index (χ0n) is 15.4. The van der Waals surface area contributed by atoms with Crippen LogP contribution in [-0.2, 0) is 20.4 Å². The fraction of sp³-hybridized carbons (Fsp3) is 0.167. The minimum absolute atomic E-state index is 0.00513. The first-order chi connectivity index (χ1) is 13.5. The van der Waals surface area contributed by atoms with Crippen molar-refractivity contribution in [2.24, 2.45) is 0 Å². The van der Waals surface area contributed by atoms with Crippen LogP contribution in [0.2, 0.25) is 5.02 Å². The van der Waals surface area contributed by atoms with E-state index in [1.807, 2.05) is 0 Å². The van der Waals surface area contributed by atoms with E-state index in [1.54, 1.807) is 30.3 Å². The number of urea groups is 1. The van der Waals surface area contributed by atoms with Crippen LogP contribution in [0.1, 0.15) is 22.8 Å². The maximum Gasteiger partial charge on any atom is 0.344 e. The van der Waals surface area contributed by atoms with Gasteiger partial charge in [-0.15, -0.1) is 0 Å². The molecule has 11 heteroatoms. The SMILES string of the molecule is CC1(c2ccccc2)NC(=O)N(NC(=O)c2ccc(Cl)c(NS(C)(=O)=O)c2)C1=O. The summed E-state index contributed by atoms with van der Waals surface area (Å²) in [6, 6.07) is 11.7. The summed E-state index contributed by atoms with van der Waals surface area (Å²) in [5.41, 5.74) is 1.45. The summed E-state index contributed by atoms with van der Waals surface area (Å²) >= 11 is 5.94. The number of hydrazine groups is 1. The molecule has 29 heavy (non-hydrogen) atoms. The predicted molar refractivity (Wildman–Crippen MR) is 107 cm³/mol. The zero-order chi connectivity index (χ0) is 21.4. The molecule has 0 spiro atoms. The Balaban J connectivity index is 1.83. The van der Waals surface area contributed by atoms with Crippen LogP contribution in [0, 0.1) is 0 Å². The average Bonchev–Trinajstić information content (AvgIpc) is 2.87.